The number of amides is 1. The van der Waals surface area contributed by atoms with Gasteiger partial charge < -0.3 is 10.4 Å². The number of para-hydroxylation sites is 1. The Hall–Kier alpha value is -2.79. The van der Waals surface area contributed by atoms with Crippen LogP contribution in [0.3, 0.4) is 0 Å². The lowest BCUT2D eigenvalue weighted by atomic mass is 10.1. The van der Waals surface area contributed by atoms with Crippen LogP contribution in [0.15, 0.2) is 54.6 Å². The lowest BCUT2D eigenvalue weighted by molar-refractivity contribution is 0.0917. The average Bonchev–Trinajstić information content (AvgIpc) is 2.59. The Labute approximate surface area is 139 Å². The number of nitrogens with one attached hydrogen (secondary N) is 1. The molecule has 4 nitrogen and oxygen atoms in total. The molecule has 0 bridgehead atoms. The Bertz CT molecular complexity index is 878. The van der Waals surface area contributed by atoms with Crippen molar-refractivity contribution in [1.82, 2.24) is 10.3 Å². The molecule has 5 heteroatoms. The average molecular weight is 324 g/mol. The molecule has 3 aromatic rings. The van der Waals surface area contributed by atoms with E-state index < -0.39 is 6.10 Å². The minimum atomic E-state index is -0.903. The molecule has 0 aliphatic heterocycles. The van der Waals surface area contributed by atoms with Crippen molar-refractivity contribution in [3.05, 3.63) is 77.2 Å². The Balaban J connectivity index is 1.75. The van der Waals surface area contributed by atoms with Gasteiger partial charge in [0, 0.05) is 17.6 Å². The monoisotopic (exact) mass is 324 g/mol. The van der Waals surface area contributed by atoms with Crippen LogP contribution >= 0.6 is 0 Å². The van der Waals surface area contributed by atoms with Gasteiger partial charge in [-0.1, -0.05) is 30.3 Å². The first kappa shape index (κ1) is 16.1. The summed E-state index contributed by atoms with van der Waals surface area (Å²) >= 11 is 0. The van der Waals surface area contributed by atoms with Crippen molar-refractivity contribution in [2.75, 3.05) is 6.54 Å². The quantitative estimate of drug-likeness (QED) is 0.775. The fourth-order valence-corrected chi connectivity index (χ4v) is 2.52. The Kier molecular flexibility index (Phi) is 4.53. The summed E-state index contributed by atoms with van der Waals surface area (Å²) in [6, 6.07) is 14.7. The highest BCUT2D eigenvalue weighted by Gasteiger charge is 2.14. The molecule has 0 aliphatic carbocycles. The minimum absolute atomic E-state index is 0.0344. The molecule has 0 aliphatic rings. The number of aromatic nitrogens is 1. The first-order valence-corrected chi connectivity index (χ1v) is 7.63. The molecule has 24 heavy (non-hydrogen) atoms. The van der Waals surface area contributed by atoms with Crippen molar-refractivity contribution in [3.8, 4) is 0 Å². The van der Waals surface area contributed by atoms with Crippen LogP contribution in [0.5, 0.6) is 0 Å². The van der Waals surface area contributed by atoms with Crippen LogP contribution in [0.2, 0.25) is 0 Å². The van der Waals surface area contributed by atoms with Crippen LogP contribution in [0, 0.1) is 12.7 Å². The highest BCUT2D eigenvalue weighted by molar-refractivity contribution is 6.05. The topological polar surface area (TPSA) is 62.2 Å². The fourth-order valence-electron chi connectivity index (χ4n) is 2.52. The predicted molar refractivity (Wildman–Crippen MR) is 90.2 cm³/mol. The third-order valence-electron chi connectivity index (χ3n) is 3.81. The number of pyridine rings is 1. The van der Waals surface area contributed by atoms with E-state index in [1.165, 1.54) is 24.3 Å². The summed E-state index contributed by atoms with van der Waals surface area (Å²) < 4.78 is 12.9. The highest BCUT2D eigenvalue weighted by atomic mass is 19.1. The zero-order chi connectivity index (χ0) is 17.1. The van der Waals surface area contributed by atoms with E-state index in [0.717, 1.165) is 11.1 Å². The second kappa shape index (κ2) is 6.76. The normalized spacial score (nSPS) is 12.1. The van der Waals surface area contributed by atoms with Crippen LogP contribution < -0.4 is 5.32 Å². The van der Waals surface area contributed by atoms with E-state index >= 15 is 0 Å². The highest BCUT2D eigenvalue weighted by Crippen LogP contribution is 2.18. The molecule has 0 spiro atoms. The van der Waals surface area contributed by atoms with Crippen molar-refractivity contribution in [2.45, 2.75) is 13.0 Å². The zero-order valence-corrected chi connectivity index (χ0v) is 13.2. The SMILES string of the molecule is Cc1ccc2cccc(C(=O)NCC(O)c3ccc(F)cc3)c2n1. The molecule has 1 atom stereocenters. The second-order valence-corrected chi connectivity index (χ2v) is 5.61. The Morgan fingerprint density at radius 1 is 1.17 bits per heavy atom. The number of fused-ring (bicyclic) bond motifs is 1. The Morgan fingerprint density at radius 2 is 1.92 bits per heavy atom. The van der Waals surface area contributed by atoms with Crippen LogP contribution in [-0.4, -0.2) is 22.5 Å². The number of carbonyl (C=O) groups is 1. The summed E-state index contributed by atoms with van der Waals surface area (Å²) in [5.41, 5.74) is 2.46. The maximum absolute atomic E-state index is 12.9. The van der Waals surface area contributed by atoms with Crippen molar-refractivity contribution in [1.29, 1.82) is 0 Å². The number of aryl methyl sites for hydroxylation is 1. The number of carbonyl (C=O) groups excluding carboxylic acids is 1. The first-order valence-electron chi connectivity index (χ1n) is 7.63. The fraction of sp³-hybridized carbons (Fsp3) is 0.158. The lowest BCUT2D eigenvalue weighted by Gasteiger charge is -2.13. The van der Waals surface area contributed by atoms with E-state index in [1.54, 1.807) is 12.1 Å². The van der Waals surface area contributed by atoms with Crippen LogP contribution in [0.1, 0.15) is 27.7 Å². The number of rotatable bonds is 4. The minimum Gasteiger partial charge on any atom is -0.387 e. The number of aliphatic hydroxyl groups excluding tert-OH is 1. The first-order chi connectivity index (χ1) is 11.5. The van der Waals surface area contributed by atoms with Crippen LogP contribution in [0.25, 0.3) is 10.9 Å². The molecular formula is C19H17FN2O2. The van der Waals surface area contributed by atoms with E-state index in [0.29, 0.717) is 16.6 Å². The summed E-state index contributed by atoms with van der Waals surface area (Å²) in [6.45, 7) is 1.90. The third kappa shape index (κ3) is 3.41. The maximum Gasteiger partial charge on any atom is 0.253 e. The number of benzene rings is 2. The van der Waals surface area contributed by atoms with Gasteiger partial charge in [0.15, 0.2) is 0 Å². The second-order valence-electron chi connectivity index (χ2n) is 5.61. The van der Waals surface area contributed by atoms with E-state index in [2.05, 4.69) is 10.3 Å². The van der Waals surface area contributed by atoms with E-state index in [1.807, 2.05) is 25.1 Å². The molecule has 122 valence electrons. The van der Waals surface area contributed by atoms with Crippen molar-refractivity contribution < 1.29 is 14.3 Å². The van der Waals surface area contributed by atoms with Crippen molar-refractivity contribution >= 4 is 16.8 Å². The van der Waals surface area contributed by atoms with Gasteiger partial charge >= 0.3 is 0 Å². The number of aliphatic hydroxyl groups is 1. The van der Waals surface area contributed by atoms with E-state index in [-0.39, 0.29) is 18.3 Å². The van der Waals surface area contributed by atoms with Crippen LogP contribution in [-0.2, 0) is 0 Å². The number of hydrogen-bond acceptors (Lipinski definition) is 3. The molecule has 1 heterocycles. The molecule has 1 amide bonds. The summed E-state index contributed by atoms with van der Waals surface area (Å²) in [6.07, 6.45) is -0.903. The maximum atomic E-state index is 12.9. The smallest absolute Gasteiger partial charge is 0.253 e. The third-order valence-corrected chi connectivity index (χ3v) is 3.81. The van der Waals surface area contributed by atoms with Crippen LogP contribution in [0.4, 0.5) is 4.39 Å². The van der Waals surface area contributed by atoms with E-state index in [9.17, 15) is 14.3 Å². The summed E-state index contributed by atoms with van der Waals surface area (Å²) in [7, 11) is 0. The molecule has 2 N–H and O–H groups in total. The van der Waals surface area contributed by atoms with Gasteiger partial charge in [-0.15, -0.1) is 0 Å². The van der Waals surface area contributed by atoms with Gasteiger partial charge in [-0.25, -0.2) is 4.39 Å². The summed E-state index contributed by atoms with van der Waals surface area (Å²) in [5.74, 6) is -0.674. The van der Waals surface area contributed by atoms with Gasteiger partial charge in [0.1, 0.15) is 5.82 Å². The molecule has 1 aromatic heterocycles. The molecule has 1 unspecified atom stereocenters. The molecule has 0 saturated carbocycles. The summed E-state index contributed by atoms with van der Waals surface area (Å²) in [4.78, 5) is 16.9. The largest absolute Gasteiger partial charge is 0.387 e. The van der Waals surface area contributed by atoms with Gasteiger partial charge in [0.05, 0.1) is 17.2 Å². The predicted octanol–water partition coefficient (Wildman–Crippen LogP) is 3.15. The van der Waals surface area contributed by atoms with Gasteiger partial charge in [-0.3, -0.25) is 9.78 Å². The zero-order valence-electron chi connectivity index (χ0n) is 13.2. The molecule has 2 aromatic carbocycles. The number of nitrogens with zero attached hydrogens (tertiary/aromatic N) is 1. The number of halogens is 1. The Morgan fingerprint density at radius 3 is 2.67 bits per heavy atom. The van der Waals surface area contributed by atoms with Crippen molar-refractivity contribution in [2.24, 2.45) is 0 Å². The lowest BCUT2D eigenvalue weighted by Crippen LogP contribution is -2.28. The van der Waals surface area contributed by atoms with Gasteiger partial charge in [0.25, 0.3) is 5.91 Å². The van der Waals surface area contributed by atoms with Gasteiger partial charge in [-0.05, 0) is 36.8 Å². The van der Waals surface area contributed by atoms with E-state index in [4.69, 9.17) is 0 Å². The molecule has 3 rings (SSSR count). The number of hydrogen-bond donors (Lipinski definition) is 2. The molecule has 0 saturated heterocycles. The summed E-state index contributed by atoms with van der Waals surface area (Å²) in [5, 5.41) is 13.7. The molecule has 0 fully saturated rings. The van der Waals surface area contributed by atoms with Crippen molar-refractivity contribution in [3.63, 3.8) is 0 Å². The molecule has 0 radical (unpaired) electrons. The van der Waals surface area contributed by atoms with Gasteiger partial charge in [0.2, 0.25) is 0 Å². The standard InChI is InChI=1S/C19H17FN2O2/c1-12-5-6-14-3-2-4-16(18(14)22-12)19(24)21-11-17(23)13-7-9-15(20)10-8-13/h2-10,17,23H,11H2,1H3,(H,21,24). The van der Waals surface area contributed by atoms with Gasteiger partial charge in [-0.2, -0.15) is 0 Å². The molecular weight excluding hydrogens is 307 g/mol.